The van der Waals surface area contributed by atoms with Crippen LogP contribution in [0.1, 0.15) is 15.3 Å². The van der Waals surface area contributed by atoms with Crippen molar-refractivity contribution in [1.29, 1.82) is 0 Å². The summed E-state index contributed by atoms with van der Waals surface area (Å²) >= 11 is 6.89. The highest BCUT2D eigenvalue weighted by Gasteiger charge is 2.12. The summed E-state index contributed by atoms with van der Waals surface area (Å²) in [4.78, 5) is 5.16. The number of halogens is 2. The normalized spacial score (nSPS) is 11.4. The summed E-state index contributed by atoms with van der Waals surface area (Å²) in [5.74, 6) is -1.22. The van der Waals surface area contributed by atoms with Gasteiger partial charge in [0.15, 0.2) is 10.6 Å². The van der Waals surface area contributed by atoms with Crippen LogP contribution in [0, 0.1) is 30.3 Å². The number of H-pyrrole nitrogens is 1. The lowest BCUT2D eigenvalue weighted by molar-refractivity contribution is 0.590. The van der Waals surface area contributed by atoms with Crippen molar-refractivity contribution in [1.82, 2.24) is 9.55 Å². The lowest BCUT2D eigenvalue weighted by Crippen LogP contribution is -1.98. The number of nitrogens with zero attached hydrogens (tertiary/aromatic N) is 1. The number of aromatic nitrogens is 2. The Morgan fingerprint density at radius 3 is 2.65 bits per heavy atom. The second kappa shape index (κ2) is 4.79. The highest BCUT2D eigenvalue weighted by Crippen LogP contribution is 2.25. The minimum absolute atomic E-state index is 0.251. The smallest absolute Gasteiger partial charge is 0.178 e. The lowest BCUT2D eigenvalue weighted by atomic mass is 10.2. The third kappa shape index (κ3) is 2.19. The molecule has 0 aliphatic rings. The van der Waals surface area contributed by atoms with Crippen LogP contribution in [0.15, 0.2) is 18.2 Å². The summed E-state index contributed by atoms with van der Waals surface area (Å²) in [7, 11) is 0. The Kier molecular flexibility index (Phi) is 3.22. The molecule has 0 saturated carbocycles. The van der Waals surface area contributed by atoms with Crippen molar-refractivity contribution in [3.8, 4) is 0 Å². The molecule has 0 spiro atoms. The molecule has 2 heterocycles. The molecule has 0 atom stereocenters. The first-order chi connectivity index (χ1) is 9.45. The van der Waals surface area contributed by atoms with E-state index in [1.807, 2.05) is 6.92 Å². The van der Waals surface area contributed by atoms with Gasteiger partial charge in [-0.2, -0.15) is 0 Å². The van der Waals surface area contributed by atoms with Crippen molar-refractivity contribution < 1.29 is 8.78 Å². The molecule has 104 valence electrons. The SMILES string of the molecule is Cc1cc(Cn2c(=S)[nH]c3c(F)cc(F)cc32)sc1C. The maximum atomic E-state index is 13.7. The van der Waals surface area contributed by atoms with Crippen LogP contribution < -0.4 is 0 Å². The van der Waals surface area contributed by atoms with Crippen molar-refractivity contribution >= 4 is 34.6 Å². The molecule has 3 aromatic rings. The van der Waals surface area contributed by atoms with Crippen LogP contribution in [0.5, 0.6) is 0 Å². The van der Waals surface area contributed by atoms with Crippen molar-refractivity contribution in [3.63, 3.8) is 0 Å². The number of aryl methyl sites for hydroxylation is 2. The second-order valence-electron chi connectivity index (χ2n) is 4.75. The molecule has 3 rings (SSSR count). The molecule has 0 saturated heterocycles. The van der Waals surface area contributed by atoms with E-state index in [9.17, 15) is 8.78 Å². The molecule has 2 nitrogen and oxygen atoms in total. The average Bonchev–Trinajstić information content (AvgIpc) is 2.83. The topological polar surface area (TPSA) is 20.7 Å². The van der Waals surface area contributed by atoms with Crippen LogP contribution in [-0.4, -0.2) is 9.55 Å². The molecule has 6 heteroatoms. The molecule has 0 unspecified atom stereocenters. The van der Waals surface area contributed by atoms with Crippen molar-refractivity contribution in [3.05, 3.63) is 49.9 Å². The van der Waals surface area contributed by atoms with Gasteiger partial charge in [0, 0.05) is 15.8 Å². The fourth-order valence-electron chi connectivity index (χ4n) is 2.22. The zero-order valence-corrected chi connectivity index (χ0v) is 12.6. The van der Waals surface area contributed by atoms with Gasteiger partial charge in [0.05, 0.1) is 12.1 Å². The van der Waals surface area contributed by atoms with E-state index in [2.05, 4.69) is 18.0 Å². The van der Waals surface area contributed by atoms with Gasteiger partial charge in [-0.1, -0.05) is 0 Å². The van der Waals surface area contributed by atoms with Crippen LogP contribution in [0.3, 0.4) is 0 Å². The van der Waals surface area contributed by atoms with Gasteiger partial charge < -0.3 is 9.55 Å². The summed E-state index contributed by atoms with van der Waals surface area (Å²) < 4.78 is 29.2. The highest BCUT2D eigenvalue weighted by molar-refractivity contribution is 7.71. The van der Waals surface area contributed by atoms with Gasteiger partial charge in [0.25, 0.3) is 0 Å². The van der Waals surface area contributed by atoms with E-state index in [1.165, 1.54) is 16.5 Å². The van der Waals surface area contributed by atoms with Gasteiger partial charge in [-0.25, -0.2) is 8.78 Å². The van der Waals surface area contributed by atoms with E-state index < -0.39 is 11.6 Å². The molecule has 1 aromatic carbocycles. The fourth-order valence-corrected chi connectivity index (χ4v) is 3.53. The van der Waals surface area contributed by atoms with Gasteiger partial charge in [0.1, 0.15) is 11.3 Å². The molecule has 0 bridgehead atoms. The second-order valence-corrected chi connectivity index (χ2v) is 6.48. The Labute approximate surface area is 123 Å². The number of hydrogen-bond acceptors (Lipinski definition) is 2. The molecule has 0 radical (unpaired) electrons. The maximum absolute atomic E-state index is 13.7. The van der Waals surface area contributed by atoms with Gasteiger partial charge in [-0.05, 0) is 43.8 Å². The molecule has 0 amide bonds. The standard InChI is InChI=1S/C14H12F2N2S2/c1-7-3-10(20-8(7)2)6-18-12-5-9(15)4-11(16)13(12)17-14(18)19/h3-5H,6H2,1-2H3,(H,17,19). The van der Waals surface area contributed by atoms with Crippen molar-refractivity contribution in [2.75, 3.05) is 0 Å². The van der Waals surface area contributed by atoms with E-state index in [-0.39, 0.29) is 5.52 Å². The molecule has 1 N–H and O–H groups in total. The summed E-state index contributed by atoms with van der Waals surface area (Å²) in [6, 6.07) is 4.24. The third-order valence-corrected chi connectivity index (χ3v) is 4.79. The Bertz CT molecular complexity index is 839. The Morgan fingerprint density at radius 2 is 2.00 bits per heavy atom. The van der Waals surface area contributed by atoms with E-state index >= 15 is 0 Å². The molecule has 2 aromatic heterocycles. The van der Waals surface area contributed by atoms with E-state index in [0.717, 1.165) is 10.9 Å². The zero-order chi connectivity index (χ0) is 14.4. The number of fused-ring (bicyclic) bond motifs is 1. The highest BCUT2D eigenvalue weighted by atomic mass is 32.1. The first-order valence-corrected chi connectivity index (χ1v) is 7.31. The first-order valence-electron chi connectivity index (χ1n) is 6.09. The molecule has 0 aliphatic heterocycles. The number of thiophene rings is 1. The van der Waals surface area contributed by atoms with Crippen LogP contribution >= 0.6 is 23.6 Å². The molecular weight excluding hydrogens is 298 g/mol. The van der Waals surface area contributed by atoms with E-state index in [4.69, 9.17) is 12.2 Å². The molecule has 0 aliphatic carbocycles. The summed E-state index contributed by atoms with van der Waals surface area (Å²) in [6.07, 6.45) is 0. The molecule has 0 fully saturated rings. The average molecular weight is 310 g/mol. The molecule has 20 heavy (non-hydrogen) atoms. The van der Waals surface area contributed by atoms with Crippen LogP contribution in [-0.2, 0) is 6.54 Å². The van der Waals surface area contributed by atoms with Crippen LogP contribution in [0.2, 0.25) is 0 Å². The van der Waals surface area contributed by atoms with Crippen LogP contribution in [0.25, 0.3) is 11.0 Å². The number of aromatic amines is 1. The van der Waals surface area contributed by atoms with Crippen molar-refractivity contribution in [2.24, 2.45) is 0 Å². The lowest BCUT2D eigenvalue weighted by Gasteiger charge is -2.02. The minimum Gasteiger partial charge on any atom is -0.328 e. The molecular formula is C14H12F2N2S2. The van der Waals surface area contributed by atoms with Gasteiger partial charge in [-0.3, -0.25) is 0 Å². The number of rotatable bonds is 2. The van der Waals surface area contributed by atoms with Gasteiger partial charge in [-0.15, -0.1) is 11.3 Å². The maximum Gasteiger partial charge on any atom is 0.178 e. The van der Waals surface area contributed by atoms with Gasteiger partial charge >= 0.3 is 0 Å². The van der Waals surface area contributed by atoms with Crippen molar-refractivity contribution in [2.45, 2.75) is 20.4 Å². The Hall–Kier alpha value is -1.53. The summed E-state index contributed by atoms with van der Waals surface area (Å²) in [6.45, 7) is 4.61. The third-order valence-electron chi connectivity index (χ3n) is 3.33. The number of imidazole rings is 1. The minimum atomic E-state index is -0.622. The van der Waals surface area contributed by atoms with Crippen LogP contribution in [0.4, 0.5) is 8.78 Å². The Morgan fingerprint density at radius 1 is 1.25 bits per heavy atom. The van der Waals surface area contributed by atoms with E-state index in [1.54, 1.807) is 15.9 Å². The quantitative estimate of drug-likeness (QED) is 0.680. The summed E-state index contributed by atoms with van der Waals surface area (Å²) in [5.41, 5.74) is 1.92. The van der Waals surface area contributed by atoms with Gasteiger partial charge in [0.2, 0.25) is 0 Å². The number of nitrogens with one attached hydrogen (secondary N) is 1. The monoisotopic (exact) mass is 310 g/mol. The first kappa shape index (κ1) is 13.5. The largest absolute Gasteiger partial charge is 0.328 e. The summed E-state index contributed by atoms with van der Waals surface area (Å²) in [5, 5.41) is 0. The number of benzene rings is 1. The predicted molar refractivity (Wildman–Crippen MR) is 79.9 cm³/mol. The Balaban J connectivity index is 2.16. The van der Waals surface area contributed by atoms with E-state index in [0.29, 0.717) is 16.8 Å². The fraction of sp³-hybridized carbons (Fsp3) is 0.214. The number of hydrogen-bond donors (Lipinski definition) is 1. The zero-order valence-electron chi connectivity index (χ0n) is 11.0. The predicted octanol–water partition coefficient (Wildman–Crippen LogP) is 4.70.